The molecule has 2 atom stereocenters. The van der Waals surface area contributed by atoms with Crippen molar-refractivity contribution in [2.45, 2.75) is 32.9 Å². The Hall–Kier alpha value is -1.34. The number of ether oxygens (including phenoxy) is 1. The predicted octanol–water partition coefficient (Wildman–Crippen LogP) is -0.208. The van der Waals surface area contributed by atoms with Crippen LogP contribution in [0.4, 0.5) is 4.79 Å². The number of aliphatic hydroxyl groups is 1. The second kappa shape index (κ2) is 8.71. The molecule has 7 heteroatoms. The Balaban J connectivity index is 4.28. The second-order valence-electron chi connectivity index (χ2n) is 4.20. The van der Waals surface area contributed by atoms with E-state index in [1.54, 1.807) is 0 Å². The average molecular weight is 262 g/mol. The zero-order valence-corrected chi connectivity index (χ0v) is 11.0. The van der Waals surface area contributed by atoms with Crippen molar-refractivity contribution in [3.63, 3.8) is 0 Å². The van der Waals surface area contributed by atoms with E-state index in [1.165, 1.54) is 0 Å². The third kappa shape index (κ3) is 6.41. The largest absolute Gasteiger partial charge is 0.480 e. The maximum Gasteiger partial charge on any atom is 0.328 e. The molecule has 0 aromatic carbocycles. The number of aliphatic carboxylic acids is 1. The number of aliphatic hydroxyl groups excluding tert-OH is 1. The molecule has 1 unspecified atom stereocenters. The third-order valence-corrected chi connectivity index (χ3v) is 2.41. The van der Waals surface area contributed by atoms with Gasteiger partial charge in [0.1, 0.15) is 0 Å². The molecule has 0 radical (unpaired) electrons. The van der Waals surface area contributed by atoms with Crippen LogP contribution in [0.3, 0.4) is 0 Å². The van der Waals surface area contributed by atoms with Crippen LogP contribution in [0.1, 0.15) is 20.8 Å². The Morgan fingerprint density at radius 2 is 1.89 bits per heavy atom. The van der Waals surface area contributed by atoms with Gasteiger partial charge in [0.05, 0.1) is 19.3 Å². The molecule has 0 aliphatic carbocycles. The zero-order valence-electron chi connectivity index (χ0n) is 11.0. The van der Waals surface area contributed by atoms with Gasteiger partial charge in [-0.05, 0) is 12.8 Å². The van der Waals surface area contributed by atoms with Crippen molar-refractivity contribution in [3.05, 3.63) is 0 Å². The molecule has 0 aromatic rings. The lowest BCUT2D eigenvalue weighted by Crippen LogP contribution is -2.52. The molecule has 0 aliphatic heterocycles. The van der Waals surface area contributed by atoms with Crippen LogP contribution in [-0.4, -0.2) is 54.1 Å². The number of hydrogen-bond acceptors (Lipinski definition) is 4. The number of nitrogens with one attached hydrogen (secondary N) is 2. The van der Waals surface area contributed by atoms with E-state index in [-0.39, 0.29) is 12.0 Å². The maximum atomic E-state index is 11.5. The highest BCUT2D eigenvalue weighted by Crippen LogP contribution is 2.02. The Labute approximate surface area is 107 Å². The molecule has 0 heterocycles. The third-order valence-electron chi connectivity index (χ3n) is 2.41. The average Bonchev–Trinajstić information content (AvgIpc) is 2.30. The molecule has 0 aromatic heterocycles. The number of rotatable bonds is 8. The highest BCUT2D eigenvalue weighted by atomic mass is 16.5. The van der Waals surface area contributed by atoms with Gasteiger partial charge < -0.3 is 25.6 Å². The van der Waals surface area contributed by atoms with Crippen molar-refractivity contribution in [2.24, 2.45) is 5.92 Å². The molecule has 18 heavy (non-hydrogen) atoms. The molecule has 0 rings (SSSR count). The molecule has 0 spiro atoms. The van der Waals surface area contributed by atoms with Gasteiger partial charge in [0.25, 0.3) is 0 Å². The lowest BCUT2D eigenvalue weighted by Gasteiger charge is -2.23. The number of amides is 2. The van der Waals surface area contributed by atoms with Crippen molar-refractivity contribution in [1.82, 2.24) is 10.6 Å². The molecular formula is C11H22N2O5. The Kier molecular flexibility index (Phi) is 8.06. The number of carboxylic acids is 1. The van der Waals surface area contributed by atoms with Gasteiger partial charge in [-0.2, -0.15) is 0 Å². The molecular weight excluding hydrogens is 240 g/mol. The number of carboxylic acid groups (broad SMARTS) is 1. The second-order valence-corrected chi connectivity index (χ2v) is 4.20. The van der Waals surface area contributed by atoms with E-state index in [2.05, 4.69) is 10.6 Å². The van der Waals surface area contributed by atoms with Crippen molar-refractivity contribution in [3.8, 4) is 0 Å². The fourth-order valence-corrected chi connectivity index (χ4v) is 1.20. The van der Waals surface area contributed by atoms with E-state index in [0.717, 1.165) is 0 Å². The van der Waals surface area contributed by atoms with Gasteiger partial charge in [0.15, 0.2) is 6.04 Å². The first kappa shape index (κ1) is 16.7. The van der Waals surface area contributed by atoms with Gasteiger partial charge in [0, 0.05) is 6.61 Å². The van der Waals surface area contributed by atoms with E-state index in [1.807, 2.05) is 20.8 Å². The number of urea groups is 1. The van der Waals surface area contributed by atoms with Gasteiger partial charge in [-0.25, -0.2) is 9.59 Å². The minimum atomic E-state index is -1.30. The molecule has 106 valence electrons. The Morgan fingerprint density at radius 3 is 2.28 bits per heavy atom. The van der Waals surface area contributed by atoms with Crippen LogP contribution >= 0.6 is 0 Å². The minimum absolute atomic E-state index is 0.153. The van der Waals surface area contributed by atoms with Crippen LogP contribution in [0.25, 0.3) is 0 Å². The van der Waals surface area contributed by atoms with Gasteiger partial charge in [-0.1, -0.05) is 13.8 Å². The normalized spacial score (nSPS) is 14.1. The summed E-state index contributed by atoms with van der Waals surface area (Å²) in [5.74, 6) is -1.13. The van der Waals surface area contributed by atoms with Gasteiger partial charge >= 0.3 is 12.0 Å². The standard InChI is InChI=1S/C11H22N2O5/c1-4-18-6-9(7(2)3)13-11(17)12-8(5-14)10(15)16/h7-9,14H,4-6H2,1-3H3,(H,15,16)(H2,12,13,17)/t8-,9?/m1/s1. The van der Waals surface area contributed by atoms with Crippen LogP contribution in [-0.2, 0) is 9.53 Å². The summed E-state index contributed by atoms with van der Waals surface area (Å²) in [4.78, 5) is 22.2. The monoisotopic (exact) mass is 262 g/mol. The first-order valence-electron chi connectivity index (χ1n) is 5.90. The van der Waals surface area contributed by atoms with Gasteiger partial charge in [0.2, 0.25) is 0 Å². The summed E-state index contributed by atoms with van der Waals surface area (Å²) in [7, 11) is 0. The fourth-order valence-electron chi connectivity index (χ4n) is 1.20. The van der Waals surface area contributed by atoms with Crippen LogP contribution in [0, 0.1) is 5.92 Å². The minimum Gasteiger partial charge on any atom is -0.480 e. The molecule has 4 N–H and O–H groups in total. The first-order chi connectivity index (χ1) is 8.42. The van der Waals surface area contributed by atoms with Gasteiger partial charge in [-0.15, -0.1) is 0 Å². The van der Waals surface area contributed by atoms with Crippen LogP contribution in [0.5, 0.6) is 0 Å². The van der Waals surface area contributed by atoms with Crippen LogP contribution in [0.2, 0.25) is 0 Å². The summed E-state index contributed by atoms with van der Waals surface area (Å²) in [5.41, 5.74) is 0. The Morgan fingerprint density at radius 1 is 1.28 bits per heavy atom. The summed E-state index contributed by atoms with van der Waals surface area (Å²) in [6, 6.07) is -2.14. The van der Waals surface area contributed by atoms with Crippen molar-refractivity contribution < 1.29 is 24.5 Å². The fraction of sp³-hybridized carbons (Fsp3) is 0.818. The summed E-state index contributed by atoms with van der Waals surface area (Å²) >= 11 is 0. The van der Waals surface area contributed by atoms with E-state index >= 15 is 0 Å². The van der Waals surface area contributed by atoms with Crippen molar-refractivity contribution >= 4 is 12.0 Å². The molecule has 0 bridgehead atoms. The lowest BCUT2D eigenvalue weighted by atomic mass is 10.1. The maximum absolute atomic E-state index is 11.5. The molecule has 0 saturated heterocycles. The van der Waals surface area contributed by atoms with E-state index in [9.17, 15) is 9.59 Å². The highest BCUT2D eigenvalue weighted by molar-refractivity contribution is 5.82. The smallest absolute Gasteiger partial charge is 0.328 e. The van der Waals surface area contributed by atoms with Gasteiger partial charge in [-0.3, -0.25) is 0 Å². The number of hydrogen-bond donors (Lipinski definition) is 4. The summed E-state index contributed by atoms with van der Waals surface area (Å²) in [5, 5.41) is 22.3. The van der Waals surface area contributed by atoms with E-state index in [4.69, 9.17) is 14.9 Å². The van der Waals surface area contributed by atoms with E-state index < -0.39 is 24.6 Å². The van der Waals surface area contributed by atoms with Crippen molar-refractivity contribution in [1.29, 1.82) is 0 Å². The SMILES string of the molecule is CCOCC(NC(=O)N[C@H](CO)C(=O)O)C(C)C. The molecule has 0 aliphatic rings. The summed E-state index contributed by atoms with van der Waals surface area (Å²) < 4.78 is 5.23. The summed E-state index contributed by atoms with van der Waals surface area (Å²) in [6.45, 7) is 5.94. The lowest BCUT2D eigenvalue weighted by molar-refractivity contribution is -0.140. The quantitative estimate of drug-likeness (QED) is 0.484. The molecule has 2 amide bonds. The van der Waals surface area contributed by atoms with Crippen LogP contribution < -0.4 is 10.6 Å². The molecule has 7 nitrogen and oxygen atoms in total. The summed E-state index contributed by atoms with van der Waals surface area (Å²) in [6.07, 6.45) is 0. The zero-order chi connectivity index (χ0) is 14.1. The highest BCUT2D eigenvalue weighted by Gasteiger charge is 2.21. The number of carbonyl (C=O) groups excluding carboxylic acids is 1. The Bertz CT molecular complexity index is 270. The molecule has 0 saturated carbocycles. The topological polar surface area (TPSA) is 108 Å². The van der Waals surface area contributed by atoms with Crippen LogP contribution in [0.15, 0.2) is 0 Å². The predicted molar refractivity (Wildman–Crippen MR) is 65.3 cm³/mol. The van der Waals surface area contributed by atoms with Crippen molar-refractivity contribution in [2.75, 3.05) is 19.8 Å². The van der Waals surface area contributed by atoms with E-state index in [0.29, 0.717) is 13.2 Å². The number of carbonyl (C=O) groups is 2. The molecule has 0 fully saturated rings. The first-order valence-corrected chi connectivity index (χ1v) is 5.90.